The number of hydrogen-bond acceptors (Lipinski definition) is 3. The Bertz CT molecular complexity index is 727. The van der Waals surface area contributed by atoms with Crippen LogP contribution in [0, 0.1) is 0 Å². The van der Waals surface area contributed by atoms with Crippen molar-refractivity contribution in [1.82, 2.24) is 0 Å². The number of benzene rings is 2. The van der Waals surface area contributed by atoms with Gasteiger partial charge in [0.2, 0.25) is 9.84 Å². The maximum atomic E-state index is 12.3. The molecule has 2 aromatic rings. The zero-order valence-electron chi connectivity index (χ0n) is 11.0. The van der Waals surface area contributed by atoms with Crippen molar-refractivity contribution < 1.29 is 13.2 Å². The smallest absolute Gasteiger partial charge is 0.206 e. The minimum absolute atomic E-state index is 0.0500. The Kier molecular flexibility index (Phi) is 4.15. The number of ketones is 1. The van der Waals surface area contributed by atoms with Gasteiger partial charge in [0.25, 0.3) is 0 Å². The van der Waals surface area contributed by atoms with Gasteiger partial charge in [-0.05, 0) is 42.8 Å². The number of carbonyl (C=O) groups excluding carboxylic acids is 1. The monoisotopic (exact) mass is 286 g/mol. The molecule has 0 bridgehead atoms. The summed E-state index contributed by atoms with van der Waals surface area (Å²) < 4.78 is 24.7. The summed E-state index contributed by atoms with van der Waals surface area (Å²) in [6.07, 6.45) is 3.10. The normalized spacial score (nSPS) is 11.7. The molecule has 0 atom stereocenters. The van der Waals surface area contributed by atoms with Crippen LogP contribution in [0.2, 0.25) is 0 Å². The molecular formula is C16H14O3S. The second-order valence-corrected chi connectivity index (χ2v) is 6.28. The van der Waals surface area contributed by atoms with Crippen molar-refractivity contribution >= 4 is 21.7 Å². The molecule has 0 aliphatic heterocycles. The van der Waals surface area contributed by atoms with Crippen molar-refractivity contribution in [3.05, 3.63) is 66.2 Å². The van der Waals surface area contributed by atoms with E-state index in [1.807, 2.05) is 0 Å². The first-order valence-electron chi connectivity index (χ1n) is 6.09. The molecule has 0 aliphatic rings. The van der Waals surface area contributed by atoms with Crippen molar-refractivity contribution in [2.45, 2.75) is 16.7 Å². The molecule has 0 heterocycles. The van der Waals surface area contributed by atoms with Gasteiger partial charge in [0, 0.05) is 0 Å². The van der Waals surface area contributed by atoms with Gasteiger partial charge in [-0.1, -0.05) is 36.4 Å². The van der Waals surface area contributed by atoms with Crippen LogP contribution in [0.4, 0.5) is 0 Å². The van der Waals surface area contributed by atoms with Gasteiger partial charge in [-0.25, -0.2) is 8.42 Å². The van der Waals surface area contributed by atoms with Gasteiger partial charge < -0.3 is 0 Å². The van der Waals surface area contributed by atoms with Gasteiger partial charge in [0.1, 0.15) is 0 Å². The first-order chi connectivity index (χ1) is 9.50. The molecule has 0 amide bonds. The second kappa shape index (κ2) is 5.84. The zero-order valence-corrected chi connectivity index (χ0v) is 11.8. The number of rotatable bonds is 4. The number of sulfone groups is 1. The third kappa shape index (κ3) is 3.22. The Morgan fingerprint density at radius 2 is 1.45 bits per heavy atom. The van der Waals surface area contributed by atoms with Crippen molar-refractivity contribution in [2.24, 2.45) is 0 Å². The summed E-state index contributed by atoms with van der Waals surface area (Å²) in [5.74, 6) is -0.0500. The van der Waals surface area contributed by atoms with E-state index in [-0.39, 0.29) is 15.6 Å². The Labute approximate surface area is 118 Å². The fourth-order valence-electron chi connectivity index (χ4n) is 1.71. The standard InChI is InChI=1S/C16H14O3S/c1-13(17)7-8-14-9-11-16(12-10-14)20(18,19)15-5-3-2-4-6-15/h2-12H,1H3/b8-7+. The van der Waals surface area contributed by atoms with Crippen LogP contribution >= 0.6 is 0 Å². The van der Waals surface area contributed by atoms with E-state index in [1.165, 1.54) is 13.0 Å². The topological polar surface area (TPSA) is 51.2 Å². The quantitative estimate of drug-likeness (QED) is 0.811. The molecule has 0 spiro atoms. The van der Waals surface area contributed by atoms with Crippen LogP contribution in [0.1, 0.15) is 12.5 Å². The molecule has 2 aromatic carbocycles. The lowest BCUT2D eigenvalue weighted by Crippen LogP contribution is -2.01. The largest absolute Gasteiger partial charge is 0.295 e. The fraction of sp³-hybridized carbons (Fsp3) is 0.0625. The minimum atomic E-state index is -3.48. The first-order valence-corrected chi connectivity index (χ1v) is 7.57. The molecule has 0 aliphatic carbocycles. The van der Waals surface area contributed by atoms with Crippen LogP contribution in [0.3, 0.4) is 0 Å². The van der Waals surface area contributed by atoms with Crippen molar-refractivity contribution in [1.29, 1.82) is 0 Å². The van der Waals surface area contributed by atoms with Crippen LogP contribution in [0.5, 0.6) is 0 Å². The van der Waals surface area contributed by atoms with Crippen molar-refractivity contribution in [2.75, 3.05) is 0 Å². The summed E-state index contributed by atoms with van der Waals surface area (Å²) in [5.41, 5.74) is 0.784. The molecule has 2 rings (SSSR count). The molecule has 3 nitrogen and oxygen atoms in total. The minimum Gasteiger partial charge on any atom is -0.295 e. The number of carbonyl (C=O) groups is 1. The van der Waals surface area contributed by atoms with Gasteiger partial charge in [0.05, 0.1) is 9.79 Å². The zero-order chi connectivity index (χ0) is 14.6. The second-order valence-electron chi connectivity index (χ2n) is 4.33. The van der Waals surface area contributed by atoms with E-state index in [4.69, 9.17) is 0 Å². The van der Waals surface area contributed by atoms with E-state index in [2.05, 4.69) is 0 Å². The Balaban J connectivity index is 2.33. The molecule has 0 saturated heterocycles. The Morgan fingerprint density at radius 1 is 0.900 bits per heavy atom. The molecule has 4 heteroatoms. The third-order valence-electron chi connectivity index (χ3n) is 2.75. The van der Waals surface area contributed by atoms with E-state index in [9.17, 15) is 13.2 Å². The van der Waals surface area contributed by atoms with E-state index in [0.717, 1.165) is 5.56 Å². The van der Waals surface area contributed by atoms with Gasteiger partial charge >= 0.3 is 0 Å². The van der Waals surface area contributed by atoms with Gasteiger partial charge in [-0.2, -0.15) is 0 Å². The fourth-order valence-corrected chi connectivity index (χ4v) is 2.99. The van der Waals surface area contributed by atoms with E-state index in [1.54, 1.807) is 60.7 Å². The summed E-state index contributed by atoms with van der Waals surface area (Å²) in [5, 5.41) is 0. The van der Waals surface area contributed by atoms with Crippen LogP contribution in [0.25, 0.3) is 6.08 Å². The molecule has 0 N–H and O–H groups in total. The average Bonchev–Trinajstić information content (AvgIpc) is 2.46. The molecule has 0 aromatic heterocycles. The molecule has 0 radical (unpaired) electrons. The van der Waals surface area contributed by atoms with Crippen LogP contribution in [0.15, 0.2) is 70.5 Å². The molecule has 0 saturated carbocycles. The average molecular weight is 286 g/mol. The maximum absolute atomic E-state index is 12.3. The molecule has 0 unspecified atom stereocenters. The first kappa shape index (κ1) is 14.2. The van der Waals surface area contributed by atoms with Crippen LogP contribution in [-0.4, -0.2) is 14.2 Å². The van der Waals surface area contributed by atoms with E-state index < -0.39 is 9.84 Å². The Morgan fingerprint density at radius 3 is 2.00 bits per heavy atom. The summed E-state index contributed by atoms with van der Waals surface area (Å²) in [6.45, 7) is 1.46. The summed E-state index contributed by atoms with van der Waals surface area (Å²) in [4.78, 5) is 11.4. The summed E-state index contributed by atoms with van der Waals surface area (Å²) in [7, 11) is -3.48. The predicted octanol–water partition coefficient (Wildman–Crippen LogP) is 3.12. The molecular weight excluding hydrogens is 272 g/mol. The summed E-state index contributed by atoms with van der Waals surface area (Å²) in [6, 6.07) is 14.7. The molecule has 0 fully saturated rings. The number of allylic oxidation sites excluding steroid dienone is 1. The highest BCUT2D eigenvalue weighted by Gasteiger charge is 2.16. The van der Waals surface area contributed by atoms with Gasteiger partial charge in [-0.15, -0.1) is 0 Å². The van der Waals surface area contributed by atoms with Gasteiger partial charge in [0.15, 0.2) is 5.78 Å². The molecule has 102 valence electrons. The van der Waals surface area contributed by atoms with Crippen molar-refractivity contribution in [3.63, 3.8) is 0 Å². The maximum Gasteiger partial charge on any atom is 0.206 e. The highest BCUT2D eigenvalue weighted by atomic mass is 32.2. The SMILES string of the molecule is CC(=O)/C=C/c1ccc(S(=O)(=O)c2ccccc2)cc1. The lowest BCUT2D eigenvalue weighted by atomic mass is 10.2. The highest BCUT2D eigenvalue weighted by molar-refractivity contribution is 7.91. The van der Waals surface area contributed by atoms with E-state index in [0.29, 0.717) is 0 Å². The summed E-state index contributed by atoms with van der Waals surface area (Å²) >= 11 is 0. The lowest BCUT2D eigenvalue weighted by Gasteiger charge is -2.04. The van der Waals surface area contributed by atoms with Gasteiger partial charge in [-0.3, -0.25) is 4.79 Å². The lowest BCUT2D eigenvalue weighted by molar-refractivity contribution is -0.112. The van der Waals surface area contributed by atoms with E-state index >= 15 is 0 Å². The number of hydrogen-bond donors (Lipinski definition) is 0. The van der Waals surface area contributed by atoms with Crippen LogP contribution < -0.4 is 0 Å². The third-order valence-corrected chi connectivity index (χ3v) is 4.54. The predicted molar refractivity (Wildman–Crippen MR) is 78.1 cm³/mol. The highest BCUT2D eigenvalue weighted by Crippen LogP contribution is 2.21. The van der Waals surface area contributed by atoms with Crippen LogP contribution in [-0.2, 0) is 14.6 Å². The van der Waals surface area contributed by atoms with Crippen molar-refractivity contribution in [3.8, 4) is 0 Å². The Hall–Kier alpha value is -2.20. The molecule has 20 heavy (non-hydrogen) atoms.